The summed E-state index contributed by atoms with van der Waals surface area (Å²) in [6.45, 7) is 2.63. The van der Waals surface area contributed by atoms with Gasteiger partial charge in [0.2, 0.25) is 0 Å². The number of aromatic nitrogens is 2. The van der Waals surface area contributed by atoms with Crippen LogP contribution in [0.1, 0.15) is 25.0 Å². The minimum absolute atomic E-state index is 0.282. The van der Waals surface area contributed by atoms with Gasteiger partial charge < -0.3 is 10.2 Å². The summed E-state index contributed by atoms with van der Waals surface area (Å²) in [5.41, 5.74) is 0.546. The summed E-state index contributed by atoms with van der Waals surface area (Å²) in [5, 5.41) is 21.7. The Balaban J connectivity index is 2.65. The van der Waals surface area contributed by atoms with Gasteiger partial charge in [-0.3, -0.25) is 9.48 Å². The molecule has 0 aromatic carbocycles. The van der Waals surface area contributed by atoms with Crippen LogP contribution in [-0.2, 0) is 11.3 Å². The molecule has 5 heteroatoms. The van der Waals surface area contributed by atoms with Crippen molar-refractivity contribution in [3.8, 4) is 0 Å². The number of aryl methyl sites for hydroxylation is 1. The van der Waals surface area contributed by atoms with Crippen molar-refractivity contribution >= 4 is 5.97 Å². The molecule has 0 aliphatic rings. The zero-order chi connectivity index (χ0) is 9.84. The largest absolute Gasteiger partial charge is 0.481 e. The second-order valence-corrected chi connectivity index (χ2v) is 2.74. The van der Waals surface area contributed by atoms with Gasteiger partial charge in [-0.05, 0) is 6.92 Å². The molecule has 0 aliphatic carbocycles. The molecule has 72 valence electrons. The van der Waals surface area contributed by atoms with Gasteiger partial charge in [0.15, 0.2) is 0 Å². The molecular formula is C8H12N2O3. The fourth-order valence-corrected chi connectivity index (χ4v) is 1.01. The fraction of sp³-hybridized carbons (Fsp3) is 0.500. The highest BCUT2D eigenvalue weighted by atomic mass is 16.4. The average molecular weight is 184 g/mol. The molecule has 0 fully saturated rings. The number of aliphatic hydroxyl groups excluding tert-OH is 1. The van der Waals surface area contributed by atoms with Gasteiger partial charge in [-0.25, -0.2) is 0 Å². The predicted octanol–water partition coefficient (Wildman–Crippen LogP) is 0.411. The second kappa shape index (κ2) is 4.04. The maximum absolute atomic E-state index is 10.3. The summed E-state index contributed by atoms with van der Waals surface area (Å²) in [5.74, 6) is -1.02. The summed E-state index contributed by atoms with van der Waals surface area (Å²) in [7, 11) is 0. The average Bonchev–Trinajstić information content (AvgIpc) is 2.50. The highest BCUT2D eigenvalue weighted by Gasteiger charge is 2.13. The van der Waals surface area contributed by atoms with Gasteiger partial charge in [0.25, 0.3) is 0 Å². The third-order valence-electron chi connectivity index (χ3n) is 1.73. The first-order chi connectivity index (χ1) is 6.13. The molecule has 5 nitrogen and oxygen atoms in total. The molecule has 0 radical (unpaired) electrons. The molecule has 0 saturated carbocycles. The van der Waals surface area contributed by atoms with Crippen molar-refractivity contribution in [2.45, 2.75) is 26.0 Å². The van der Waals surface area contributed by atoms with Gasteiger partial charge in [0.1, 0.15) is 0 Å². The lowest BCUT2D eigenvalue weighted by Gasteiger charge is -2.03. The van der Waals surface area contributed by atoms with E-state index in [1.54, 1.807) is 10.9 Å². The van der Waals surface area contributed by atoms with E-state index < -0.39 is 12.1 Å². The third-order valence-corrected chi connectivity index (χ3v) is 1.73. The quantitative estimate of drug-likeness (QED) is 0.710. The standard InChI is InChI=1S/C8H12N2O3/c1-2-10-5-6(4-9-10)7(11)3-8(12)13/h4-5,7,11H,2-3H2,1H3,(H,12,13). The predicted molar refractivity (Wildman–Crippen MR) is 45.1 cm³/mol. The van der Waals surface area contributed by atoms with Crippen LogP contribution in [0.25, 0.3) is 0 Å². The lowest BCUT2D eigenvalue weighted by molar-refractivity contribution is -0.139. The van der Waals surface area contributed by atoms with Crippen molar-refractivity contribution in [3.05, 3.63) is 18.0 Å². The lowest BCUT2D eigenvalue weighted by atomic mass is 10.1. The van der Waals surface area contributed by atoms with Crippen molar-refractivity contribution in [3.63, 3.8) is 0 Å². The Kier molecular flexibility index (Phi) is 3.02. The number of nitrogens with zero attached hydrogens (tertiary/aromatic N) is 2. The van der Waals surface area contributed by atoms with Gasteiger partial charge in [-0.1, -0.05) is 0 Å². The number of hydrogen-bond acceptors (Lipinski definition) is 3. The molecule has 0 aliphatic heterocycles. The van der Waals surface area contributed by atoms with E-state index in [1.165, 1.54) is 6.20 Å². The SMILES string of the molecule is CCn1cc(C(O)CC(=O)O)cn1. The van der Waals surface area contributed by atoms with Crippen LogP contribution in [-0.4, -0.2) is 26.0 Å². The Bertz CT molecular complexity index is 295. The minimum Gasteiger partial charge on any atom is -0.481 e. The lowest BCUT2D eigenvalue weighted by Crippen LogP contribution is -2.04. The maximum Gasteiger partial charge on any atom is 0.306 e. The molecule has 0 spiro atoms. The van der Waals surface area contributed by atoms with E-state index in [2.05, 4.69) is 5.10 Å². The topological polar surface area (TPSA) is 75.4 Å². The van der Waals surface area contributed by atoms with E-state index in [1.807, 2.05) is 6.92 Å². The first-order valence-corrected chi connectivity index (χ1v) is 4.05. The Morgan fingerprint density at radius 3 is 2.92 bits per heavy atom. The number of carboxylic acid groups (broad SMARTS) is 1. The second-order valence-electron chi connectivity index (χ2n) is 2.74. The Hall–Kier alpha value is -1.36. The van der Waals surface area contributed by atoms with Crippen molar-refractivity contribution in [2.24, 2.45) is 0 Å². The third kappa shape index (κ3) is 2.55. The number of carbonyl (C=O) groups is 1. The Labute approximate surface area is 75.6 Å². The van der Waals surface area contributed by atoms with E-state index in [9.17, 15) is 9.90 Å². The van der Waals surface area contributed by atoms with Crippen LogP contribution in [0.3, 0.4) is 0 Å². The summed E-state index contributed by atoms with van der Waals surface area (Å²) in [6.07, 6.45) is 1.89. The van der Waals surface area contributed by atoms with E-state index in [-0.39, 0.29) is 6.42 Å². The van der Waals surface area contributed by atoms with Crippen LogP contribution >= 0.6 is 0 Å². The summed E-state index contributed by atoms with van der Waals surface area (Å²) < 4.78 is 1.64. The highest BCUT2D eigenvalue weighted by Crippen LogP contribution is 2.14. The number of rotatable bonds is 4. The van der Waals surface area contributed by atoms with Crippen LogP contribution < -0.4 is 0 Å². The molecular weight excluding hydrogens is 172 g/mol. The fourth-order valence-electron chi connectivity index (χ4n) is 1.01. The van der Waals surface area contributed by atoms with Crippen molar-refractivity contribution in [1.82, 2.24) is 9.78 Å². The molecule has 1 unspecified atom stereocenters. The molecule has 1 aromatic rings. The smallest absolute Gasteiger partial charge is 0.306 e. The monoisotopic (exact) mass is 184 g/mol. The maximum atomic E-state index is 10.3. The van der Waals surface area contributed by atoms with Crippen LogP contribution in [0.4, 0.5) is 0 Å². The number of aliphatic hydroxyl groups is 1. The number of carboxylic acids is 1. The zero-order valence-electron chi connectivity index (χ0n) is 7.34. The van der Waals surface area contributed by atoms with Gasteiger partial charge in [0, 0.05) is 18.3 Å². The first-order valence-electron chi connectivity index (χ1n) is 4.05. The Morgan fingerprint density at radius 2 is 2.46 bits per heavy atom. The van der Waals surface area contributed by atoms with E-state index in [0.717, 1.165) is 0 Å². The van der Waals surface area contributed by atoms with Crippen LogP contribution in [0.15, 0.2) is 12.4 Å². The molecule has 1 atom stereocenters. The molecule has 1 heterocycles. The summed E-state index contributed by atoms with van der Waals surface area (Å²) in [6, 6.07) is 0. The number of hydrogen-bond donors (Lipinski definition) is 2. The molecule has 0 saturated heterocycles. The van der Waals surface area contributed by atoms with Crippen LogP contribution in [0, 0.1) is 0 Å². The van der Waals surface area contributed by atoms with E-state index in [0.29, 0.717) is 12.1 Å². The minimum atomic E-state index is -1.02. The van der Waals surface area contributed by atoms with Crippen LogP contribution in [0.2, 0.25) is 0 Å². The number of aliphatic carboxylic acids is 1. The molecule has 1 rings (SSSR count). The van der Waals surface area contributed by atoms with Gasteiger partial charge >= 0.3 is 5.97 Å². The van der Waals surface area contributed by atoms with Crippen molar-refractivity contribution in [1.29, 1.82) is 0 Å². The van der Waals surface area contributed by atoms with E-state index in [4.69, 9.17) is 5.11 Å². The van der Waals surface area contributed by atoms with E-state index >= 15 is 0 Å². The first kappa shape index (κ1) is 9.73. The molecule has 13 heavy (non-hydrogen) atoms. The summed E-state index contributed by atoms with van der Waals surface area (Å²) >= 11 is 0. The van der Waals surface area contributed by atoms with Gasteiger partial charge in [-0.15, -0.1) is 0 Å². The van der Waals surface area contributed by atoms with Crippen molar-refractivity contribution in [2.75, 3.05) is 0 Å². The molecule has 0 bridgehead atoms. The van der Waals surface area contributed by atoms with Crippen LogP contribution in [0.5, 0.6) is 0 Å². The van der Waals surface area contributed by atoms with Gasteiger partial charge in [0.05, 0.1) is 18.7 Å². The summed E-state index contributed by atoms with van der Waals surface area (Å²) in [4.78, 5) is 10.3. The van der Waals surface area contributed by atoms with Crippen molar-refractivity contribution < 1.29 is 15.0 Å². The normalized spacial score (nSPS) is 12.8. The molecule has 2 N–H and O–H groups in total. The Morgan fingerprint density at radius 1 is 1.77 bits per heavy atom. The zero-order valence-corrected chi connectivity index (χ0v) is 7.34. The highest BCUT2D eigenvalue weighted by molar-refractivity contribution is 5.67. The molecule has 0 amide bonds. The van der Waals surface area contributed by atoms with Gasteiger partial charge in [-0.2, -0.15) is 5.10 Å². The molecule has 1 aromatic heterocycles.